The van der Waals surface area contributed by atoms with E-state index in [9.17, 15) is 9.59 Å². The predicted octanol–water partition coefficient (Wildman–Crippen LogP) is 3.92. The van der Waals surface area contributed by atoms with E-state index in [4.69, 9.17) is 17.3 Å². The Kier molecular flexibility index (Phi) is 4.26. The van der Waals surface area contributed by atoms with Gasteiger partial charge in [-0.05, 0) is 49.7 Å². The number of anilines is 1. The maximum atomic E-state index is 12.5. The Hall–Kier alpha value is -2.44. The number of rotatable bonds is 3. The summed E-state index contributed by atoms with van der Waals surface area (Å²) in [6.07, 6.45) is 0. The summed E-state index contributed by atoms with van der Waals surface area (Å²) in [6, 6.07) is 8.40. The molecule has 0 aliphatic heterocycles. The van der Waals surface area contributed by atoms with E-state index in [1.54, 1.807) is 24.3 Å². The fourth-order valence-electron chi connectivity index (χ4n) is 2.52. The molecule has 0 unspecified atom stereocenters. The van der Waals surface area contributed by atoms with Crippen LogP contribution in [0.1, 0.15) is 31.3 Å². The number of nitrogens with one attached hydrogen (secondary N) is 1. The van der Waals surface area contributed by atoms with Crippen LogP contribution in [0.15, 0.2) is 30.3 Å². The standard InChI is InChI=1S/C17H14ClN3O2S/c1-8-7-9(2)20-17-12(8)13(14(24-17)15(19)22)21-16(23)10-3-5-11(18)6-4-10/h3-7H,1-2H3,(H2,19,22)(H,21,23). The van der Waals surface area contributed by atoms with E-state index >= 15 is 0 Å². The molecule has 1 aromatic carbocycles. The van der Waals surface area contributed by atoms with Crippen LogP contribution in [0.4, 0.5) is 5.69 Å². The average Bonchev–Trinajstić information content (AvgIpc) is 2.86. The van der Waals surface area contributed by atoms with E-state index in [1.807, 2.05) is 19.9 Å². The van der Waals surface area contributed by atoms with Crippen LogP contribution in [0, 0.1) is 13.8 Å². The number of halogens is 1. The number of aryl methyl sites for hydroxylation is 2. The highest BCUT2D eigenvalue weighted by atomic mass is 35.5. The molecule has 0 fully saturated rings. The van der Waals surface area contributed by atoms with E-state index in [2.05, 4.69) is 10.3 Å². The van der Waals surface area contributed by atoms with E-state index in [-0.39, 0.29) is 10.8 Å². The molecule has 0 bridgehead atoms. The molecule has 3 rings (SSSR count). The van der Waals surface area contributed by atoms with Gasteiger partial charge in [0.15, 0.2) is 0 Å². The Balaban J connectivity index is 2.10. The number of aromatic nitrogens is 1. The highest BCUT2D eigenvalue weighted by Gasteiger charge is 2.21. The Morgan fingerprint density at radius 1 is 1.21 bits per heavy atom. The second kappa shape index (κ2) is 6.22. The molecule has 2 amide bonds. The van der Waals surface area contributed by atoms with Crippen molar-refractivity contribution in [2.45, 2.75) is 13.8 Å². The molecule has 0 saturated heterocycles. The molecule has 3 aromatic rings. The lowest BCUT2D eigenvalue weighted by molar-refractivity contribution is 0.100. The zero-order valence-electron chi connectivity index (χ0n) is 13.0. The average molecular weight is 360 g/mol. The number of hydrogen-bond donors (Lipinski definition) is 2. The van der Waals surface area contributed by atoms with Crippen molar-refractivity contribution in [3.63, 3.8) is 0 Å². The van der Waals surface area contributed by atoms with E-state index in [1.165, 1.54) is 11.3 Å². The van der Waals surface area contributed by atoms with Crippen LogP contribution in [0.2, 0.25) is 5.02 Å². The fraction of sp³-hybridized carbons (Fsp3) is 0.118. The quantitative estimate of drug-likeness (QED) is 0.743. The number of hydrogen-bond acceptors (Lipinski definition) is 4. The zero-order valence-corrected chi connectivity index (χ0v) is 14.6. The van der Waals surface area contributed by atoms with Gasteiger partial charge in [0.1, 0.15) is 9.71 Å². The lowest BCUT2D eigenvalue weighted by atomic mass is 10.1. The molecule has 5 nitrogen and oxygen atoms in total. The summed E-state index contributed by atoms with van der Waals surface area (Å²) in [5.41, 5.74) is 8.09. The summed E-state index contributed by atoms with van der Waals surface area (Å²) in [5.74, 6) is -0.935. The molecule has 2 heterocycles. The maximum Gasteiger partial charge on any atom is 0.261 e. The molecule has 24 heavy (non-hydrogen) atoms. The SMILES string of the molecule is Cc1cc(C)c2c(NC(=O)c3ccc(Cl)cc3)c(C(N)=O)sc2n1. The number of carbonyl (C=O) groups is 2. The van der Waals surface area contributed by atoms with Gasteiger partial charge in [-0.15, -0.1) is 11.3 Å². The van der Waals surface area contributed by atoms with E-state index in [0.29, 0.717) is 21.1 Å². The van der Waals surface area contributed by atoms with Crippen LogP contribution in [0.5, 0.6) is 0 Å². The minimum absolute atomic E-state index is 0.286. The van der Waals surface area contributed by atoms with Crippen LogP contribution < -0.4 is 11.1 Å². The van der Waals surface area contributed by atoms with Gasteiger partial charge in [0, 0.05) is 21.7 Å². The van der Waals surface area contributed by atoms with Crippen molar-refractivity contribution < 1.29 is 9.59 Å². The van der Waals surface area contributed by atoms with Crippen molar-refractivity contribution >= 4 is 50.7 Å². The molecular formula is C17H14ClN3O2S. The third-order valence-electron chi connectivity index (χ3n) is 3.56. The Bertz CT molecular complexity index is 964. The summed E-state index contributed by atoms with van der Waals surface area (Å²) >= 11 is 7.02. The van der Waals surface area contributed by atoms with E-state index < -0.39 is 5.91 Å². The lowest BCUT2D eigenvalue weighted by Gasteiger charge is -2.08. The summed E-state index contributed by atoms with van der Waals surface area (Å²) in [7, 11) is 0. The smallest absolute Gasteiger partial charge is 0.261 e. The highest BCUT2D eigenvalue weighted by Crippen LogP contribution is 2.37. The van der Waals surface area contributed by atoms with Crippen molar-refractivity contribution in [1.29, 1.82) is 0 Å². The first kappa shape index (κ1) is 16.4. The zero-order chi connectivity index (χ0) is 17.4. The van der Waals surface area contributed by atoms with Gasteiger partial charge in [-0.2, -0.15) is 0 Å². The molecule has 0 spiro atoms. The Labute approximate surface area is 147 Å². The monoisotopic (exact) mass is 359 g/mol. The minimum Gasteiger partial charge on any atom is -0.365 e. The molecule has 3 N–H and O–H groups in total. The van der Waals surface area contributed by atoms with Gasteiger partial charge < -0.3 is 11.1 Å². The number of nitrogens with zero attached hydrogens (tertiary/aromatic N) is 1. The molecule has 0 saturated carbocycles. The van der Waals surface area contributed by atoms with Crippen molar-refractivity contribution in [3.8, 4) is 0 Å². The molecule has 0 aliphatic carbocycles. The van der Waals surface area contributed by atoms with Crippen molar-refractivity contribution in [2.24, 2.45) is 5.73 Å². The second-order valence-electron chi connectivity index (χ2n) is 5.39. The maximum absolute atomic E-state index is 12.5. The summed E-state index contributed by atoms with van der Waals surface area (Å²) in [4.78, 5) is 29.7. The van der Waals surface area contributed by atoms with Gasteiger partial charge in [0.25, 0.3) is 11.8 Å². The van der Waals surface area contributed by atoms with Gasteiger partial charge in [-0.3, -0.25) is 9.59 Å². The van der Waals surface area contributed by atoms with Crippen LogP contribution in [-0.2, 0) is 0 Å². The normalized spacial score (nSPS) is 10.8. The van der Waals surface area contributed by atoms with Crippen molar-refractivity contribution in [2.75, 3.05) is 5.32 Å². The summed E-state index contributed by atoms with van der Waals surface area (Å²) < 4.78 is 0. The first-order valence-corrected chi connectivity index (χ1v) is 8.33. The van der Waals surface area contributed by atoms with Crippen molar-refractivity contribution in [1.82, 2.24) is 4.98 Å². The number of benzene rings is 1. The molecular weight excluding hydrogens is 346 g/mol. The number of carbonyl (C=O) groups excluding carboxylic acids is 2. The van der Waals surface area contributed by atoms with Gasteiger partial charge >= 0.3 is 0 Å². The van der Waals surface area contributed by atoms with Gasteiger partial charge in [0.05, 0.1) is 5.69 Å². The topological polar surface area (TPSA) is 85.1 Å². The number of nitrogens with two attached hydrogens (primary N) is 1. The largest absolute Gasteiger partial charge is 0.365 e. The number of fused-ring (bicyclic) bond motifs is 1. The molecule has 122 valence electrons. The molecule has 2 aromatic heterocycles. The number of pyridine rings is 1. The Morgan fingerprint density at radius 2 is 1.88 bits per heavy atom. The lowest BCUT2D eigenvalue weighted by Crippen LogP contribution is -2.16. The highest BCUT2D eigenvalue weighted by molar-refractivity contribution is 7.21. The second-order valence-corrected chi connectivity index (χ2v) is 6.83. The third kappa shape index (κ3) is 2.98. The molecule has 0 atom stereocenters. The van der Waals surface area contributed by atoms with Gasteiger partial charge in [-0.25, -0.2) is 4.98 Å². The van der Waals surface area contributed by atoms with Gasteiger partial charge in [0.2, 0.25) is 0 Å². The minimum atomic E-state index is -0.596. The van der Waals surface area contributed by atoms with E-state index in [0.717, 1.165) is 16.6 Å². The van der Waals surface area contributed by atoms with Crippen LogP contribution >= 0.6 is 22.9 Å². The first-order valence-electron chi connectivity index (χ1n) is 7.14. The van der Waals surface area contributed by atoms with Crippen LogP contribution in [0.3, 0.4) is 0 Å². The van der Waals surface area contributed by atoms with Gasteiger partial charge in [-0.1, -0.05) is 11.6 Å². The number of primary amides is 1. The van der Waals surface area contributed by atoms with Crippen LogP contribution in [0.25, 0.3) is 10.2 Å². The van der Waals surface area contributed by atoms with Crippen LogP contribution in [-0.4, -0.2) is 16.8 Å². The van der Waals surface area contributed by atoms with Crippen molar-refractivity contribution in [3.05, 3.63) is 57.1 Å². The third-order valence-corrected chi connectivity index (χ3v) is 4.91. The molecule has 7 heteroatoms. The first-order chi connectivity index (χ1) is 11.4. The number of amides is 2. The molecule has 0 aliphatic rings. The fourth-order valence-corrected chi connectivity index (χ4v) is 3.75. The summed E-state index contributed by atoms with van der Waals surface area (Å²) in [5, 5.41) is 4.08. The number of thiophene rings is 1. The molecule has 0 radical (unpaired) electrons. The Morgan fingerprint density at radius 3 is 2.50 bits per heavy atom. The summed E-state index contributed by atoms with van der Waals surface area (Å²) in [6.45, 7) is 3.79. The predicted molar refractivity (Wildman–Crippen MR) is 97.0 cm³/mol.